The largest absolute Gasteiger partial charge is 0.337 e. The average molecular weight is 320 g/mol. The van der Waals surface area contributed by atoms with Crippen LogP contribution in [0.15, 0.2) is 22.7 Å². The topological polar surface area (TPSA) is 46.3 Å². The standard InChI is InChI=1S/C12H15BrN2O.ClH/c1-8-6-9(2-3-11(8)13)12(16)15-5-4-10(14)7-15;/h2-3,6,10H,4-5,7,14H2,1H3;1H. The van der Waals surface area contributed by atoms with Crippen molar-refractivity contribution >= 4 is 34.2 Å². The van der Waals surface area contributed by atoms with E-state index in [0.29, 0.717) is 6.54 Å². The van der Waals surface area contributed by atoms with Gasteiger partial charge in [0.1, 0.15) is 0 Å². The molecule has 1 atom stereocenters. The number of hydrogen-bond acceptors (Lipinski definition) is 2. The summed E-state index contributed by atoms with van der Waals surface area (Å²) < 4.78 is 1.03. The smallest absolute Gasteiger partial charge is 0.253 e. The zero-order valence-electron chi connectivity index (χ0n) is 9.65. The van der Waals surface area contributed by atoms with Gasteiger partial charge in [-0.25, -0.2) is 0 Å². The minimum Gasteiger partial charge on any atom is -0.337 e. The van der Waals surface area contributed by atoms with Gasteiger partial charge in [-0.05, 0) is 37.1 Å². The van der Waals surface area contributed by atoms with E-state index < -0.39 is 0 Å². The number of amides is 1. The minimum atomic E-state index is 0. The minimum absolute atomic E-state index is 0. The first-order valence-electron chi connectivity index (χ1n) is 5.39. The van der Waals surface area contributed by atoms with Crippen molar-refractivity contribution in [2.45, 2.75) is 19.4 Å². The lowest BCUT2D eigenvalue weighted by molar-refractivity contribution is 0.0791. The van der Waals surface area contributed by atoms with E-state index in [1.807, 2.05) is 30.0 Å². The molecular weight excluding hydrogens is 304 g/mol. The summed E-state index contributed by atoms with van der Waals surface area (Å²) in [6.07, 6.45) is 0.904. The summed E-state index contributed by atoms with van der Waals surface area (Å²) in [6, 6.07) is 5.82. The molecule has 17 heavy (non-hydrogen) atoms. The van der Waals surface area contributed by atoms with E-state index in [4.69, 9.17) is 5.73 Å². The maximum Gasteiger partial charge on any atom is 0.253 e. The summed E-state index contributed by atoms with van der Waals surface area (Å²) in [5.74, 6) is 0.0866. The Morgan fingerprint density at radius 3 is 2.76 bits per heavy atom. The molecule has 1 heterocycles. The van der Waals surface area contributed by atoms with Crippen LogP contribution >= 0.6 is 28.3 Å². The van der Waals surface area contributed by atoms with Gasteiger partial charge in [0.2, 0.25) is 0 Å². The van der Waals surface area contributed by atoms with Crippen molar-refractivity contribution in [3.05, 3.63) is 33.8 Å². The molecule has 1 aliphatic rings. The van der Waals surface area contributed by atoms with Gasteiger partial charge in [-0.2, -0.15) is 0 Å². The molecule has 1 aliphatic heterocycles. The van der Waals surface area contributed by atoms with Crippen LogP contribution in [0.25, 0.3) is 0 Å². The number of rotatable bonds is 1. The fraction of sp³-hybridized carbons (Fsp3) is 0.417. The van der Waals surface area contributed by atoms with E-state index >= 15 is 0 Å². The Morgan fingerprint density at radius 2 is 2.24 bits per heavy atom. The first-order chi connectivity index (χ1) is 7.58. The number of nitrogens with zero attached hydrogens (tertiary/aromatic N) is 1. The van der Waals surface area contributed by atoms with E-state index in [1.54, 1.807) is 0 Å². The Morgan fingerprint density at radius 1 is 1.53 bits per heavy atom. The molecule has 0 aromatic heterocycles. The third kappa shape index (κ3) is 3.21. The number of hydrogen-bond donors (Lipinski definition) is 1. The Labute approximate surface area is 116 Å². The molecular formula is C12H16BrClN2O. The van der Waals surface area contributed by atoms with Crippen molar-refractivity contribution in [1.82, 2.24) is 4.90 Å². The van der Waals surface area contributed by atoms with Crippen LogP contribution in [-0.4, -0.2) is 29.9 Å². The molecule has 0 saturated carbocycles. The van der Waals surface area contributed by atoms with Crippen molar-refractivity contribution in [2.24, 2.45) is 5.73 Å². The SMILES string of the molecule is Cc1cc(C(=O)N2CCC(N)C2)ccc1Br.Cl. The third-order valence-corrected chi connectivity index (χ3v) is 3.81. The molecule has 1 saturated heterocycles. The fourth-order valence-corrected chi connectivity index (χ4v) is 2.18. The van der Waals surface area contributed by atoms with Crippen molar-refractivity contribution < 1.29 is 4.79 Å². The Bertz CT molecular complexity index is 425. The highest BCUT2D eigenvalue weighted by Gasteiger charge is 2.24. The number of carbonyl (C=O) groups is 1. The molecule has 0 bridgehead atoms. The van der Waals surface area contributed by atoms with Gasteiger partial charge in [0.05, 0.1) is 0 Å². The summed E-state index contributed by atoms with van der Waals surface area (Å²) in [5, 5.41) is 0. The van der Waals surface area contributed by atoms with E-state index in [9.17, 15) is 4.79 Å². The third-order valence-electron chi connectivity index (χ3n) is 2.92. The van der Waals surface area contributed by atoms with Gasteiger partial charge in [0.25, 0.3) is 5.91 Å². The van der Waals surface area contributed by atoms with Gasteiger partial charge in [-0.3, -0.25) is 4.79 Å². The maximum atomic E-state index is 12.1. The van der Waals surface area contributed by atoms with Crippen LogP contribution in [0.5, 0.6) is 0 Å². The van der Waals surface area contributed by atoms with Gasteiger partial charge < -0.3 is 10.6 Å². The number of likely N-dealkylation sites (tertiary alicyclic amines) is 1. The maximum absolute atomic E-state index is 12.1. The first kappa shape index (κ1) is 14.5. The van der Waals surface area contributed by atoms with Crippen molar-refractivity contribution in [3.63, 3.8) is 0 Å². The molecule has 0 spiro atoms. The van der Waals surface area contributed by atoms with Crippen LogP contribution in [0.2, 0.25) is 0 Å². The van der Waals surface area contributed by atoms with Gasteiger partial charge in [-0.15, -0.1) is 12.4 Å². The van der Waals surface area contributed by atoms with Crippen LogP contribution in [0, 0.1) is 6.92 Å². The molecule has 1 unspecified atom stereocenters. The number of aryl methyl sites for hydroxylation is 1. The number of halogens is 2. The number of nitrogens with two attached hydrogens (primary N) is 1. The highest BCUT2D eigenvalue weighted by molar-refractivity contribution is 9.10. The molecule has 0 aliphatic carbocycles. The van der Waals surface area contributed by atoms with E-state index in [-0.39, 0.29) is 24.4 Å². The van der Waals surface area contributed by atoms with Crippen molar-refractivity contribution in [2.75, 3.05) is 13.1 Å². The lowest BCUT2D eigenvalue weighted by atomic mass is 10.1. The second kappa shape index (κ2) is 5.85. The monoisotopic (exact) mass is 318 g/mol. The summed E-state index contributed by atoms with van der Waals surface area (Å²) in [6.45, 7) is 3.43. The normalized spacial score (nSPS) is 19.0. The lowest BCUT2D eigenvalue weighted by Gasteiger charge is -2.16. The molecule has 0 radical (unpaired) electrons. The predicted octanol–water partition coefficient (Wildman–Crippen LogP) is 2.35. The van der Waals surface area contributed by atoms with Gasteiger partial charge >= 0.3 is 0 Å². The molecule has 1 fully saturated rings. The highest BCUT2D eigenvalue weighted by atomic mass is 79.9. The fourth-order valence-electron chi connectivity index (χ4n) is 1.93. The second-order valence-electron chi connectivity index (χ2n) is 4.26. The second-order valence-corrected chi connectivity index (χ2v) is 5.12. The lowest BCUT2D eigenvalue weighted by Crippen LogP contribution is -2.31. The predicted molar refractivity (Wildman–Crippen MR) is 74.6 cm³/mol. The van der Waals surface area contributed by atoms with Gasteiger partial charge in [0, 0.05) is 29.2 Å². The van der Waals surface area contributed by atoms with Crippen LogP contribution in [0.3, 0.4) is 0 Å². The molecule has 5 heteroatoms. The Balaban J connectivity index is 0.00000144. The Kier molecular flexibility index (Phi) is 4.98. The van der Waals surface area contributed by atoms with Crippen molar-refractivity contribution in [3.8, 4) is 0 Å². The van der Waals surface area contributed by atoms with E-state index in [1.165, 1.54) is 0 Å². The highest BCUT2D eigenvalue weighted by Crippen LogP contribution is 2.19. The molecule has 1 amide bonds. The summed E-state index contributed by atoms with van der Waals surface area (Å²) in [7, 11) is 0. The summed E-state index contributed by atoms with van der Waals surface area (Å²) >= 11 is 3.43. The molecule has 3 nitrogen and oxygen atoms in total. The summed E-state index contributed by atoms with van der Waals surface area (Å²) in [5.41, 5.74) is 7.62. The first-order valence-corrected chi connectivity index (χ1v) is 6.18. The zero-order valence-corrected chi connectivity index (χ0v) is 12.1. The Hall–Kier alpha value is -0.580. The van der Waals surface area contributed by atoms with Crippen molar-refractivity contribution in [1.29, 1.82) is 0 Å². The van der Waals surface area contributed by atoms with Gasteiger partial charge in [0.15, 0.2) is 0 Å². The van der Waals surface area contributed by atoms with Gasteiger partial charge in [-0.1, -0.05) is 15.9 Å². The quantitative estimate of drug-likeness (QED) is 0.863. The van der Waals surface area contributed by atoms with Crippen LogP contribution in [-0.2, 0) is 0 Å². The molecule has 94 valence electrons. The number of carbonyl (C=O) groups excluding carboxylic acids is 1. The van der Waals surface area contributed by atoms with E-state index in [0.717, 1.165) is 28.6 Å². The average Bonchev–Trinajstić information content (AvgIpc) is 2.68. The summed E-state index contributed by atoms with van der Waals surface area (Å²) in [4.78, 5) is 13.9. The molecule has 2 rings (SSSR count). The van der Waals surface area contributed by atoms with Crippen LogP contribution in [0.1, 0.15) is 22.3 Å². The van der Waals surface area contributed by atoms with E-state index in [2.05, 4.69) is 15.9 Å². The zero-order chi connectivity index (χ0) is 11.7. The van der Waals surface area contributed by atoms with Crippen LogP contribution in [0.4, 0.5) is 0 Å². The molecule has 1 aromatic carbocycles. The molecule has 2 N–H and O–H groups in total. The number of benzene rings is 1. The molecule has 1 aromatic rings. The van der Waals surface area contributed by atoms with Crippen LogP contribution < -0.4 is 5.73 Å².